The van der Waals surface area contributed by atoms with Gasteiger partial charge in [0.1, 0.15) is 0 Å². The lowest BCUT2D eigenvalue weighted by molar-refractivity contribution is 0.0550. The lowest BCUT2D eigenvalue weighted by atomic mass is 9.95. The van der Waals surface area contributed by atoms with Gasteiger partial charge in [0.2, 0.25) is 0 Å². The van der Waals surface area contributed by atoms with Crippen molar-refractivity contribution < 1.29 is 0 Å². The lowest BCUT2D eigenvalue weighted by Gasteiger charge is -2.46. The van der Waals surface area contributed by atoms with Gasteiger partial charge in [0.15, 0.2) is 0 Å². The Morgan fingerprint density at radius 3 is 2.95 bits per heavy atom. The largest absolute Gasteiger partial charge is 0.311 e. The van der Waals surface area contributed by atoms with E-state index in [1.165, 1.54) is 24.1 Å². The summed E-state index contributed by atoms with van der Waals surface area (Å²) in [6.45, 7) is 12.2. The van der Waals surface area contributed by atoms with Crippen molar-refractivity contribution in [3.63, 3.8) is 0 Å². The van der Waals surface area contributed by atoms with Gasteiger partial charge in [0, 0.05) is 37.4 Å². The minimum atomic E-state index is 0.203. The number of hydrogen-bond donors (Lipinski definition) is 1. The minimum absolute atomic E-state index is 0.203. The number of nitrogens with one attached hydrogen (secondary N) is 1. The molecular weight excluding hydrogens is 234 g/mol. The van der Waals surface area contributed by atoms with Crippen LogP contribution >= 0.6 is 0 Å². The molecule has 0 aromatic carbocycles. The zero-order chi connectivity index (χ0) is 13.9. The molecule has 0 spiro atoms. The summed E-state index contributed by atoms with van der Waals surface area (Å²) in [5.41, 5.74) is 2.71. The van der Waals surface area contributed by atoms with Crippen LogP contribution < -0.4 is 5.32 Å². The summed E-state index contributed by atoms with van der Waals surface area (Å²) in [6, 6.07) is 4.80. The molecular formula is C16H27N3. The van der Waals surface area contributed by atoms with Gasteiger partial charge in [0.25, 0.3) is 0 Å². The highest BCUT2D eigenvalue weighted by molar-refractivity contribution is 5.18. The zero-order valence-corrected chi connectivity index (χ0v) is 12.7. The molecule has 0 saturated carbocycles. The summed E-state index contributed by atoms with van der Waals surface area (Å²) in [6.07, 6.45) is 4.41. The average molecular weight is 261 g/mol. The lowest BCUT2D eigenvalue weighted by Crippen LogP contribution is -2.61. The first-order chi connectivity index (χ1) is 9.03. The summed E-state index contributed by atoms with van der Waals surface area (Å²) in [5.74, 6) is 0. The highest BCUT2D eigenvalue weighted by Gasteiger charge is 2.33. The van der Waals surface area contributed by atoms with Crippen molar-refractivity contribution in [1.82, 2.24) is 15.2 Å². The smallest absolute Gasteiger partial charge is 0.0573 e. The molecule has 1 atom stereocenters. The van der Waals surface area contributed by atoms with Gasteiger partial charge in [-0.1, -0.05) is 19.4 Å². The van der Waals surface area contributed by atoms with Crippen LogP contribution in [0, 0.1) is 6.92 Å². The predicted molar refractivity (Wildman–Crippen MR) is 80.2 cm³/mol. The second-order valence-corrected chi connectivity index (χ2v) is 6.33. The molecule has 1 aliphatic heterocycles. The van der Waals surface area contributed by atoms with Crippen LogP contribution in [0.15, 0.2) is 18.3 Å². The summed E-state index contributed by atoms with van der Waals surface area (Å²) < 4.78 is 0. The van der Waals surface area contributed by atoms with Crippen LogP contribution in [0.3, 0.4) is 0 Å². The van der Waals surface area contributed by atoms with Crippen molar-refractivity contribution in [3.05, 3.63) is 29.6 Å². The number of nitrogens with zero attached hydrogens (tertiary/aromatic N) is 2. The highest BCUT2D eigenvalue weighted by Crippen LogP contribution is 2.23. The summed E-state index contributed by atoms with van der Waals surface area (Å²) in [7, 11) is 0. The highest BCUT2D eigenvalue weighted by atomic mass is 15.3. The van der Waals surface area contributed by atoms with Crippen LogP contribution in [0.1, 0.15) is 44.9 Å². The molecule has 19 heavy (non-hydrogen) atoms. The molecule has 1 aromatic rings. The maximum Gasteiger partial charge on any atom is 0.0573 e. The molecule has 1 saturated heterocycles. The fourth-order valence-electron chi connectivity index (χ4n) is 2.77. The summed E-state index contributed by atoms with van der Waals surface area (Å²) in [5, 5.41) is 3.68. The molecule has 1 aliphatic rings. The predicted octanol–water partition coefficient (Wildman–Crippen LogP) is 2.74. The number of rotatable bonds is 4. The maximum atomic E-state index is 4.55. The average Bonchev–Trinajstić information content (AvgIpc) is 2.36. The Kier molecular flexibility index (Phi) is 4.58. The van der Waals surface area contributed by atoms with E-state index < -0.39 is 0 Å². The molecule has 0 amide bonds. The topological polar surface area (TPSA) is 28.2 Å². The van der Waals surface area contributed by atoms with Crippen LogP contribution in [0.5, 0.6) is 0 Å². The summed E-state index contributed by atoms with van der Waals surface area (Å²) in [4.78, 5) is 7.13. The Hall–Kier alpha value is -0.930. The van der Waals surface area contributed by atoms with Crippen molar-refractivity contribution >= 4 is 0 Å². The second kappa shape index (κ2) is 6.02. The van der Waals surface area contributed by atoms with E-state index in [4.69, 9.17) is 0 Å². The Labute approximate surface area is 117 Å². The first kappa shape index (κ1) is 14.5. The van der Waals surface area contributed by atoms with E-state index in [1.807, 2.05) is 12.3 Å². The molecule has 106 valence electrons. The van der Waals surface area contributed by atoms with Crippen molar-refractivity contribution in [2.45, 2.75) is 58.7 Å². The first-order valence-electron chi connectivity index (χ1n) is 7.42. The Balaban J connectivity index is 2.09. The van der Waals surface area contributed by atoms with Crippen molar-refractivity contribution in [2.24, 2.45) is 0 Å². The molecule has 0 radical (unpaired) electrons. The van der Waals surface area contributed by atoms with E-state index in [-0.39, 0.29) is 5.54 Å². The minimum Gasteiger partial charge on any atom is -0.311 e. The van der Waals surface area contributed by atoms with E-state index in [0.29, 0.717) is 6.04 Å². The fourth-order valence-corrected chi connectivity index (χ4v) is 2.77. The van der Waals surface area contributed by atoms with Gasteiger partial charge < -0.3 is 5.32 Å². The van der Waals surface area contributed by atoms with Gasteiger partial charge in [0.05, 0.1) is 5.69 Å². The van der Waals surface area contributed by atoms with Crippen LogP contribution in [0.25, 0.3) is 0 Å². The van der Waals surface area contributed by atoms with Gasteiger partial charge >= 0.3 is 0 Å². The molecule has 1 N–H and O–H groups in total. The van der Waals surface area contributed by atoms with Crippen LogP contribution in [-0.4, -0.2) is 34.6 Å². The SMILES string of the molecule is CCCC1CN(Cc2ncccc2C)C(C)(C)CN1. The fraction of sp³-hybridized carbons (Fsp3) is 0.688. The molecule has 2 rings (SSSR count). The van der Waals surface area contributed by atoms with Crippen LogP contribution in [-0.2, 0) is 6.54 Å². The quantitative estimate of drug-likeness (QED) is 0.903. The summed E-state index contributed by atoms with van der Waals surface area (Å²) >= 11 is 0. The number of aryl methyl sites for hydroxylation is 1. The Morgan fingerprint density at radius 2 is 2.26 bits per heavy atom. The molecule has 2 heterocycles. The third kappa shape index (κ3) is 3.54. The third-order valence-electron chi connectivity index (χ3n) is 4.22. The maximum absolute atomic E-state index is 4.55. The monoisotopic (exact) mass is 261 g/mol. The van der Waals surface area contributed by atoms with Crippen LogP contribution in [0.2, 0.25) is 0 Å². The molecule has 3 nitrogen and oxygen atoms in total. The van der Waals surface area contributed by atoms with E-state index in [9.17, 15) is 0 Å². The molecule has 1 aromatic heterocycles. The van der Waals surface area contributed by atoms with E-state index in [0.717, 1.165) is 19.6 Å². The first-order valence-corrected chi connectivity index (χ1v) is 7.42. The van der Waals surface area contributed by atoms with Gasteiger partial charge in [-0.3, -0.25) is 9.88 Å². The van der Waals surface area contributed by atoms with E-state index >= 15 is 0 Å². The van der Waals surface area contributed by atoms with Gasteiger partial charge in [-0.25, -0.2) is 0 Å². The number of pyridine rings is 1. The van der Waals surface area contributed by atoms with Gasteiger partial charge in [-0.05, 0) is 38.8 Å². The zero-order valence-electron chi connectivity index (χ0n) is 12.7. The van der Waals surface area contributed by atoms with E-state index in [2.05, 4.69) is 49.0 Å². The van der Waals surface area contributed by atoms with E-state index in [1.54, 1.807) is 0 Å². The molecule has 3 heteroatoms. The van der Waals surface area contributed by atoms with Gasteiger partial charge in [-0.2, -0.15) is 0 Å². The number of hydrogen-bond acceptors (Lipinski definition) is 3. The Morgan fingerprint density at radius 1 is 1.47 bits per heavy atom. The number of piperazine rings is 1. The normalized spacial score (nSPS) is 23.5. The second-order valence-electron chi connectivity index (χ2n) is 6.33. The standard InChI is InChI=1S/C16H27N3/c1-5-7-14-10-19(16(3,4)12-18-14)11-15-13(2)8-6-9-17-15/h6,8-9,14,18H,5,7,10-12H2,1-4H3. The molecule has 0 bridgehead atoms. The third-order valence-corrected chi connectivity index (χ3v) is 4.22. The van der Waals surface area contributed by atoms with Crippen molar-refractivity contribution in [1.29, 1.82) is 0 Å². The molecule has 0 aliphatic carbocycles. The number of aromatic nitrogens is 1. The molecule has 1 unspecified atom stereocenters. The van der Waals surface area contributed by atoms with Crippen molar-refractivity contribution in [2.75, 3.05) is 13.1 Å². The van der Waals surface area contributed by atoms with Gasteiger partial charge in [-0.15, -0.1) is 0 Å². The van der Waals surface area contributed by atoms with Crippen molar-refractivity contribution in [3.8, 4) is 0 Å². The Bertz CT molecular complexity index is 414. The van der Waals surface area contributed by atoms with Crippen LogP contribution in [0.4, 0.5) is 0 Å². The molecule has 1 fully saturated rings.